The average Bonchev–Trinajstić information content (AvgIpc) is 3.18. The minimum atomic E-state index is -4.39. The van der Waals surface area contributed by atoms with Crippen molar-refractivity contribution in [2.24, 2.45) is 0 Å². The van der Waals surface area contributed by atoms with E-state index in [2.05, 4.69) is 11.9 Å². The quantitative estimate of drug-likeness (QED) is 0.405. The monoisotopic (exact) mass is 398 g/mol. The lowest BCUT2D eigenvalue weighted by Gasteiger charge is -2.19. The van der Waals surface area contributed by atoms with Crippen LogP contribution in [0.2, 0.25) is 0 Å². The molecular weight excluding hydrogens is 369 g/mol. The van der Waals surface area contributed by atoms with Gasteiger partial charge in [-0.2, -0.15) is 13.2 Å². The highest BCUT2D eigenvalue weighted by Gasteiger charge is 2.30. The Morgan fingerprint density at radius 2 is 1.89 bits per heavy atom. The molecule has 0 fully saturated rings. The number of imidazole rings is 1. The molecule has 0 saturated heterocycles. The maximum absolute atomic E-state index is 12.8. The Bertz CT molecular complexity index is 660. The largest absolute Gasteiger partial charge is 0.491 e. The van der Waals surface area contributed by atoms with Gasteiger partial charge in [0.05, 0.1) is 18.4 Å². The van der Waals surface area contributed by atoms with Crippen LogP contribution in [0.15, 0.2) is 43.0 Å². The van der Waals surface area contributed by atoms with Gasteiger partial charge >= 0.3 is 6.18 Å². The molecule has 0 N–H and O–H groups in total. The van der Waals surface area contributed by atoms with E-state index in [9.17, 15) is 13.2 Å². The van der Waals surface area contributed by atoms with Gasteiger partial charge in [0.15, 0.2) is 0 Å². The van der Waals surface area contributed by atoms with Gasteiger partial charge in [0.25, 0.3) is 0 Å². The van der Waals surface area contributed by atoms with Gasteiger partial charge in [0.1, 0.15) is 18.5 Å². The molecule has 0 spiro atoms. The van der Waals surface area contributed by atoms with E-state index in [1.54, 1.807) is 12.5 Å². The van der Waals surface area contributed by atoms with Crippen molar-refractivity contribution in [1.29, 1.82) is 0 Å². The molecule has 28 heavy (non-hydrogen) atoms. The van der Waals surface area contributed by atoms with Crippen LogP contribution in [0, 0.1) is 0 Å². The van der Waals surface area contributed by atoms with Crippen molar-refractivity contribution < 1.29 is 22.6 Å². The average molecular weight is 398 g/mol. The molecule has 1 aromatic heterocycles. The first-order valence-electron chi connectivity index (χ1n) is 9.86. The zero-order valence-corrected chi connectivity index (χ0v) is 16.3. The van der Waals surface area contributed by atoms with E-state index in [1.165, 1.54) is 37.8 Å². The van der Waals surface area contributed by atoms with Gasteiger partial charge in [-0.15, -0.1) is 0 Å². The van der Waals surface area contributed by atoms with Crippen molar-refractivity contribution >= 4 is 0 Å². The molecule has 156 valence electrons. The second-order valence-electron chi connectivity index (χ2n) is 6.86. The number of unbranched alkanes of at least 4 members (excludes halogenated alkanes) is 5. The van der Waals surface area contributed by atoms with Gasteiger partial charge in [0, 0.05) is 19.0 Å². The minimum Gasteiger partial charge on any atom is -0.491 e. The van der Waals surface area contributed by atoms with Crippen LogP contribution in [0.25, 0.3) is 0 Å². The van der Waals surface area contributed by atoms with Crippen LogP contribution >= 0.6 is 0 Å². The van der Waals surface area contributed by atoms with Gasteiger partial charge in [-0.25, -0.2) is 4.98 Å². The Balaban J connectivity index is 1.83. The summed E-state index contributed by atoms with van der Waals surface area (Å²) in [5.41, 5.74) is -0.718. The molecule has 1 aromatic carbocycles. The standard InChI is InChI=1S/C21H29F3N2O2/c1-2-3-4-5-6-7-13-27-20(15-26-12-11-25-17-26)16-28-19-10-8-9-18(14-19)21(22,23)24/h8-12,14,17,20H,2-7,13,15-16H2,1H3. The number of benzene rings is 1. The summed E-state index contributed by atoms with van der Waals surface area (Å²) >= 11 is 0. The number of nitrogens with zero attached hydrogens (tertiary/aromatic N) is 2. The Kier molecular flexibility index (Phi) is 9.34. The molecule has 0 bridgehead atoms. The molecule has 1 atom stereocenters. The van der Waals surface area contributed by atoms with Gasteiger partial charge in [0.2, 0.25) is 0 Å². The first-order chi connectivity index (χ1) is 13.5. The van der Waals surface area contributed by atoms with Crippen molar-refractivity contribution in [3.63, 3.8) is 0 Å². The van der Waals surface area contributed by atoms with Crippen LogP contribution in [-0.2, 0) is 17.5 Å². The summed E-state index contributed by atoms with van der Waals surface area (Å²) in [5, 5.41) is 0. The van der Waals surface area contributed by atoms with Crippen LogP contribution < -0.4 is 4.74 Å². The number of hydrogen-bond donors (Lipinski definition) is 0. The van der Waals surface area contributed by atoms with Gasteiger partial charge in [-0.05, 0) is 24.6 Å². The van der Waals surface area contributed by atoms with E-state index in [0.29, 0.717) is 13.2 Å². The Hall–Kier alpha value is -2.02. The summed E-state index contributed by atoms with van der Waals surface area (Å²) in [6, 6.07) is 4.92. The fraction of sp³-hybridized carbons (Fsp3) is 0.571. The Morgan fingerprint density at radius 3 is 2.61 bits per heavy atom. The van der Waals surface area contributed by atoms with E-state index in [1.807, 2.05) is 10.8 Å². The second-order valence-corrected chi connectivity index (χ2v) is 6.86. The van der Waals surface area contributed by atoms with E-state index >= 15 is 0 Å². The smallest absolute Gasteiger partial charge is 0.416 e. The van der Waals surface area contributed by atoms with Gasteiger partial charge in [-0.1, -0.05) is 45.1 Å². The van der Waals surface area contributed by atoms with Crippen molar-refractivity contribution in [3.05, 3.63) is 48.5 Å². The molecule has 0 saturated carbocycles. The summed E-state index contributed by atoms with van der Waals surface area (Å²) in [5.74, 6) is 0.189. The Labute approximate surface area is 164 Å². The highest BCUT2D eigenvalue weighted by Crippen LogP contribution is 2.31. The topological polar surface area (TPSA) is 36.3 Å². The molecular formula is C21H29F3N2O2. The van der Waals surface area contributed by atoms with Crippen molar-refractivity contribution in [1.82, 2.24) is 9.55 Å². The molecule has 2 aromatic rings. The summed E-state index contributed by atoms with van der Waals surface area (Å²) in [4.78, 5) is 4.01. The number of rotatable bonds is 13. The van der Waals surface area contributed by atoms with E-state index in [-0.39, 0.29) is 18.5 Å². The van der Waals surface area contributed by atoms with Crippen molar-refractivity contribution in [2.45, 2.75) is 64.3 Å². The molecule has 2 rings (SSSR count). The summed E-state index contributed by atoms with van der Waals surface area (Å²) in [6.45, 7) is 3.51. The molecule has 1 heterocycles. The second kappa shape index (κ2) is 11.7. The zero-order valence-electron chi connectivity index (χ0n) is 16.3. The van der Waals surface area contributed by atoms with Gasteiger partial charge in [-0.3, -0.25) is 0 Å². The first-order valence-corrected chi connectivity index (χ1v) is 9.86. The predicted octanol–water partition coefficient (Wildman–Crippen LogP) is 5.73. The molecule has 0 aliphatic carbocycles. The summed E-state index contributed by atoms with van der Waals surface area (Å²) in [6.07, 6.45) is 7.54. The van der Waals surface area contributed by atoms with Crippen LogP contribution in [-0.4, -0.2) is 28.9 Å². The summed E-state index contributed by atoms with van der Waals surface area (Å²) < 4.78 is 52.0. The maximum Gasteiger partial charge on any atom is 0.416 e. The highest BCUT2D eigenvalue weighted by atomic mass is 19.4. The lowest BCUT2D eigenvalue weighted by atomic mass is 10.1. The first kappa shape index (κ1) is 22.3. The number of ether oxygens (including phenoxy) is 2. The van der Waals surface area contributed by atoms with E-state index in [0.717, 1.165) is 25.0 Å². The van der Waals surface area contributed by atoms with Crippen molar-refractivity contribution in [2.75, 3.05) is 13.2 Å². The number of alkyl halides is 3. The molecule has 0 radical (unpaired) electrons. The van der Waals surface area contributed by atoms with Crippen LogP contribution in [0.5, 0.6) is 5.75 Å². The molecule has 0 amide bonds. The third-order valence-electron chi connectivity index (χ3n) is 4.42. The third kappa shape index (κ3) is 8.33. The highest BCUT2D eigenvalue weighted by molar-refractivity contribution is 5.30. The Morgan fingerprint density at radius 1 is 1.11 bits per heavy atom. The number of halogens is 3. The predicted molar refractivity (Wildman–Crippen MR) is 102 cm³/mol. The van der Waals surface area contributed by atoms with Crippen LogP contribution in [0.3, 0.4) is 0 Å². The number of hydrogen-bond acceptors (Lipinski definition) is 3. The number of aromatic nitrogens is 2. The normalized spacial score (nSPS) is 12.9. The lowest BCUT2D eigenvalue weighted by molar-refractivity contribution is -0.137. The minimum absolute atomic E-state index is 0.176. The maximum atomic E-state index is 12.8. The van der Waals surface area contributed by atoms with Crippen LogP contribution in [0.1, 0.15) is 51.0 Å². The van der Waals surface area contributed by atoms with Crippen molar-refractivity contribution in [3.8, 4) is 5.75 Å². The summed E-state index contributed by atoms with van der Waals surface area (Å²) in [7, 11) is 0. The third-order valence-corrected chi connectivity index (χ3v) is 4.42. The molecule has 0 aliphatic rings. The van der Waals surface area contributed by atoms with Gasteiger partial charge < -0.3 is 14.0 Å². The zero-order chi connectivity index (χ0) is 20.2. The molecule has 4 nitrogen and oxygen atoms in total. The SMILES string of the molecule is CCCCCCCCOC(COc1cccc(C(F)(F)F)c1)Cn1ccnc1. The van der Waals surface area contributed by atoms with E-state index < -0.39 is 11.7 Å². The van der Waals surface area contributed by atoms with Crippen LogP contribution in [0.4, 0.5) is 13.2 Å². The fourth-order valence-electron chi connectivity index (χ4n) is 2.87. The molecule has 7 heteroatoms. The fourth-order valence-corrected chi connectivity index (χ4v) is 2.87. The lowest BCUT2D eigenvalue weighted by Crippen LogP contribution is -2.27. The molecule has 0 aliphatic heterocycles. The molecule has 1 unspecified atom stereocenters. The van der Waals surface area contributed by atoms with E-state index in [4.69, 9.17) is 9.47 Å².